The molecule has 0 unspecified atom stereocenters. The summed E-state index contributed by atoms with van der Waals surface area (Å²) >= 11 is 17.2. The number of hydrogen-bond acceptors (Lipinski definition) is 2. The van der Waals surface area contributed by atoms with Crippen molar-refractivity contribution in [3.8, 4) is 5.69 Å². The Labute approximate surface area is 106 Å². The van der Waals surface area contributed by atoms with Crippen molar-refractivity contribution < 1.29 is 0 Å². The molecular formula is C10H5Cl3N2O. The molecule has 0 aliphatic rings. The molecule has 3 nitrogen and oxygen atoms in total. The summed E-state index contributed by atoms with van der Waals surface area (Å²) in [5, 5.41) is 4.46. The van der Waals surface area contributed by atoms with Gasteiger partial charge >= 0.3 is 0 Å². The van der Waals surface area contributed by atoms with Crippen LogP contribution in [-0.4, -0.2) is 9.78 Å². The second kappa shape index (κ2) is 4.45. The predicted octanol–water partition coefficient (Wildman–Crippen LogP) is 3.19. The van der Waals surface area contributed by atoms with Crippen LogP contribution in [0.15, 0.2) is 35.3 Å². The molecule has 82 valence electrons. The molecule has 6 heteroatoms. The Bertz CT molecular complexity index is 595. The third-order valence-electron chi connectivity index (χ3n) is 1.93. The van der Waals surface area contributed by atoms with Crippen LogP contribution in [0.1, 0.15) is 0 Å². The van der Waals surface area contributed by atoms with Crippen molar-refractivity contribution in [2.24, 2.45) is 0 Å². The predicted molar refractivity (Wildman–Crippen MR) is 64.9 cm³/mol. The van der Waals surface area contributed by atoms with Crippen LogP contribution in [0.3, 0.4) is 0 Å². The fourth-order valence-electron chi connectivity index (χ4n) is 1.20. The third kappa shape index (κ3) is 2.07. The molecule has 0 aliphatic heterocycles. The molecule has 1 aromatic heterocycles. The number of aromatic nitrogens is 2. The van der Waals surface area contributed by atoms with Crippen LogP contribution in [0, 0.1) is 0 Å². The Balaban J connectivity index is 2.66. The van der Waals surface area contributed by atoms with Gasteiger partial charge in [-0.3, -0.25) is 4.79 Å². The highest BCUT2D eigenvalue weighted by Crippen LogP contribution is 2.17. The molecule has 0 amide bonds. The van der Waals surface area contributed by atoms with Gasteiger partial charge < -0.3 is 0 Å². The van der Waals surface area contributed by atoms with Crippen LogP contribution in [-0.2, 0) is 0 Å². The average molecular weight is 276 g/mol. The molecule has 0 radical (unpaired) electrons. The molecule has 0 atom stereocenters. The molecule has 0 saturated heterocycles. The van der Waals surface area contributed by atoms with Gasteiger partial charge in [0.05, 0.1) is 16.9 Å². The summed E-state index contributed by atoms with van der Waals surface area (Å²) < 4.78 is 1.14. The minimum atomic E-state index is -0.476. The van der Waals surface area contributed by atoms with E-state index in [-0.39, 0.29) is 10.0 Å². The van der Waals surface area contributed by atoms with Crippen LogP contribution < -0.4 is 5.56 Å². The van der Waals surface area contributed by atoms with E-state index in [9.17, 15) is 4.79 Å². The van der Waals surface area contributed by atoms with Gasteiger partial charge in [-0.05, 0) is 18.2 Å². The van der Waals surface area contributed by atoms with Gasteiger partial charge in [0.15, 0.2) is 0 Å². The Morgan fingerprint density at radius 1 is 1.19 bits per heavy atom. The van der Waals surface area contributed by atoms with E-state index in [0.717, 1.165) is 4.68 Å². The second-order valence-electron chi connectivity index (χ2n) is 3.00. The summed E-state index contributed by atoms with van der Waals surface area (Å²) in [5.74, 6) is 0. The minimum Gasteiger partial charge on any atom is -0.266 e. The molecule has 2 aromatic rings. The van der Waals surface area contributed by atoms with Crippen molar-refractivity contribution in [1.29, 1.82) is 0 Å². The van der Waals surface area contributed by atoms with Gasteiger partial charge in [-0.15, -0.1) is 0 Å². The third-order valence-corrected chi connectivity index (χ3v) is 2.91. The van der Waals surface area contributed by atoms with Crippen molar-refractivity contribution in [2.45, 2.75) is 0 Å². The number of halogens is 3. The Morgan fingerprint density at radius 3 is 2.62 bits per heavy atom. The van der Waals surface area contributed by atoms with E-state index in [1.165, 1.54) is 6.20 Å². The van der Waals surface area contributed by atoms with Crippen molar-refractivity contribution in [3.63, 3.8) is 0 Å². The van der Waals surface area contributed by atoms with Gasteiger partial charge in [0.25, 0.3) is 5.56 Å². The van der Waals surface area contributed by atoms with Crippen LogP contribution in [0.2, 0.25) is 15.1 Å². The minimum absolute atomic E-state index is 0.0587. The second-order valence-corrected chi connectivity index (χ2v) is 4.22. The SMILES string of the molecule is O=c1c(Cl)c(Cl)cnn1-c1cccc(Cl)c1. The average Bonchev–Trinajstić information content (AvgIpc) is 2.26. The molecule has 0 fully saturated rings. The molecular weight excluding hydrogens is 270 g/mol. The van der Waals surface area contributed by atoms with Crippen LogP contribution in [0.5, 0.6) is 0 Å². The highest BCUT2D eigenvalue weighted by molar-refractivity contribution is 6.41. The molecule has 0 spiro atoms. The molecule has 0 bridgehead atoms. The fourth-order valence-corrected chi connectivity index (χ4v) is 1.64. The molecule has 0 saturated carbocycles. The van der Waals surface area contributed by atoms with Gasteiger partial charge in [-0.25, -0.2) is 0 Å². The summed E-state index contributed by atoms with van der Waals surface area (Å²) in [6, 6.07) is 6.73. The first-order chi connectivity index (χ1) is 7.59. The number of hydrogen-bond donors (Lipinski definition) is 0. The van der Waals surface area contributed by atoms with Crippen LogP contribution in [0.4, 0.5) is 0 Å². The molecule has 0 N–H and O–H groups in total. The van der Waals surface area contributed by atoms with Gasteiger partial charge in [-0.1, -0.05) is 40.9 Å². The zero-order valence-electron chi connectivity index (χ0n) is 7.82. The van der Waals surface area contributed by atoms with Gasteiger partial charge in [0, 0.05) is 5.02 Å². The van der Waals surface area contributed by atoms with Gasteiger partial charge in [-0.2, -0.15) is 9.78 Å². The van der Waals surface area contributed by atoms with Crippen molar-refractivity contribution in [3.05, 3.63) is 55.9 Å². The summed E-state index contributed by atoms with van der Waals surface area (Å²) in [6.45, 7) is 0. The topological polar surface area (TPSA) is 34.9 Å². The summed E-state index contributed by atoms with van der Waals surface area (Å²) in [6.07, 6.45) is 1.31. The summed E-state index contributed by atoms with van der Waals surface area (Å²) in [7, 11) is 0. The van der Waals surface area contributed by atoms with E-state index in [2.05, 4.69) is 5.10 Å². The molecule has 1 heterocycles. The molecule has 2 rings (SSSR count). The monoisotopic (exact) mass is 274 g/mol. The number of benzene rings is 1. The van der Waals surface area contributed by atoms with Gasteiger partial charge in [0.1, 0.15) is 5.02 Å². The first-order valence-corrected chi connectivity index (χ1v) is 5.42. The Morgan fingerprint density at radius 2 is 1.94 bits per heavy atom. The lowest BCUT2D eigenvalue weighted by Crippen LogP contribution is -2.21. The highest BCUT2D eigenvalue weighted by Gasteiger charge is 2.08. The Kier molecular flexibility index (Phi) is 3.19. The lowest BCUT2D eigenvalue weighted by Gasteiger charge is -2.05. The highest BCUT2D eigenvalue weighted by atomic mass is 35.5. The maximum Gasteiger partial charge on any atom is 0.291 e. The standard InChI is InChI=1S/C10H5Cl3N2O/c11-6-2-1-3-7(4-6)15-10(16)9(13)8(12)5-14-15/h1-5H. The first-order valence-electron chi connectivity index (χ1n) is 4.29. The number of nitrogens with zero attached hydrogens (tertiary/aromatic N) is 2. The molecule has 16 heavy (non-hydrogen) atoms. The first kappa shape index (κ1) is 11.5. The lowest BCUT2D eigenvalue weighted by atomic mass is 10.3. The van der Waals surface area contributed by atoms with Crippen molar-refractivity contribution in [1.82, 2.24) is 9.78 Å². The fraction of sp³-hybridized carbons (Fsp3) is 0. The van der Waals surface area contributed by atoms with E-state index in [4.69, 9.17) is 34.8 Å². The van der Waals surface area contributed by atoms with E-state index in [0.29, 0.717) is 10.7 Å². The maximum atomic E-state index is 11.7. The van der Waals surface area contributed by atoms with E-state index < -0.39 is 5.56 Å². The zero-order chi connectivity index (χ0) is 11.7. The lowest BCUT2D eigenvalue weighted by molar-refractivity contribution is 0.807. The Hall–Kier alpha value is -1.03. The van der Waals surface area contributed by atoms with Gasteiger partial charge in [0.2, 0.25) is 0 Å². The smallest absolute Gasteiger partial charge is 0.266 e. The van der Waals surface area contributed by atoms with Crippen LogP contribution in [0.25, 0.3) is 5.69 Å². The largest absolute Gasteiger partial charge is 0.291 e. The zero-order valence-corrected chi connectivity index (χ0v) is 10.1. The van der Waals surface area contributed by atoms with Crippen molar-refractivity contribution in [2.75, 3.05) is 0 Å². The summed E-state index contributed by atoms with van der Waals surface area (Å²) in [4.78, 5) is 11.7. The number of rotatable bonds is 1. The van der Waals surface area contributed by atoms with E-state index >= 15 is 0 Å². The van der Waals surface area contributed by atoms with E-state index in [1.54, 1.807) is 24.3 Å². The normalized spacial score (nSPS) is 10.4. The molecule has 1 aromatic carbocycles. The maximum absolute atomic E-state index is 11.7. The summed E-state index contributed by atoms with van der Waals surface area (Å²) in [5.41, 5.74) is 0.0625. The van der Waals surface area contributed by atoms with E-state index in [1.807, 2.05) is 0 Å². The molecule has 0 aliphatic carbocycles. The van der Waals surface area contributed by atoms with Crippen molar-refractivity contribution >= 4 is 34.8 Å². The quantitative estimate of drug-likeness (QED) is 0.801. The van der Waals surface area contributed by atoms with Crippen LogP contribution >= 0.6 is 34.8 Å².